The first-order chi connectivity index (χ1) is 6.82. The van der Waals surface area contributed by atoms with Gasteiger partial charge in [0.15, 0.2) is 0 Å². The summed E-state index contributed by atoms with van der Waals surface area (Å²) in [5.41, 5.74) is -0.229. The summed E-state index contributed by atoms with van der Waals surface area (Å²) in [7, 11) is 1.25. The topological polar surface area (TPSA) is 43.4 Å². The van der Waals surface area contributed by atoms with Crippen LogP contribution in [0.3, 0.4) is 0 Å². The lowest BCUT2D eigenvalue weighted by Gasteiger charge is -1.98. The SMILES string of the molecule is COC(=O)/C(Cl)=C/C1C(C(=O)Cl)C1(C)C. The van der Waals surface area contributed by atoms with Crippen LogP contribution >= 0.6 is 23.2 Å². The van der Waals surface area contributed by atoms with Crippen molar-refractivity contribution in [3.05, 3.63) is 11.1 Å². The normalized spacial score (nSPS) is 28.5. The van der Waals surface area contributed by atoms with Crippen LogP contribution in [0.5, 0.6) is 0 Å². The molecule has 0 spiro atoms. The van der Waals surface area contributed by atoms with E-state index in [2.05, 4.69) is 4.74 Å². The lowest BCUT2D eigenvalue weighted by Crippen LogP contribution is -2.00. The number of allylic oxidation sites excluding steroid dienone is 1. The van der Waals surface area contributed by atoms with Gasteiger partial charge in [-0.2, -0.15) is 0 Å². The predicted octanol–water partition coefficient (Wildman–Crippen LogP) is 2.32. The van der Waals surface area contributed by atoms with E-state index in [1.807, 2.05) is 13.8 Å². The van der Waals surface area contributed by atoms with Crippen molar-refractivity contribution >= 4 is 34.4 Å². The first-order valence-corrected chi connectivity index (χ1v) is 5.23. The zero-order chi connectivity index (χ0) is 11.8. The van der Waals surface area contributed by atoms with Crippen LogP contribution in [-0.2, 0) is 14.3 Å². The standard InChI is InChI=1S/C10H12Cl2O3/c1-10(2)5(7(10)8(12)13)4-6(11)9(14)15-3/h4-5,7H,1-3H3/b6-4-. The van der Waals surface area contributed by atoms with Gasteiger partial charge in [-0.15, -0.1) is 0 Å². The molecule has 0 amide bonds. The number of halogens is 2. The van der Waals surface area contributed by atoms with E-state index in [0.717, 1.165) is 0 Å². The fourth-order valence-electron chi connectivity index (χ4n) is 1.75. The Kier molecular flexibility index (Phi) is 3.46. The number of carbonyl (C=O) groups excluding carboxylic acids is 2. The fourth-order valence-corrected chi connectivity index (χ4v) is 2.38. The maximum absolute atomic E-state index is 11.0. The average Bonchev–Trinajstić information content (AvgIpc) is 2.66. The molecule has 2 atom stereocenters. The van der Waals surface area contributed by atoms with E-state index in [1.165, 1.54) is 7.11 Å². The third-order valence-corrected chi connectivity index (χ3v) is 3.38. The van der Waals surface area contributed by atoms with Crippen molar-refractivity contribution in [3.63, 3.8) is 0 Å². The highest BCUT2D eigenvalue weighted by atomic mass is 35.5. The Labute approximate surface area is 98.4 Å². The molecular formula is C10H12Cl2O3. The lowest BCUT2D eigenvalue weighted by molar-refractivity contribution is -0.135. The summed E-state index contributed by atoms with van der Waals surface area (Å²) in [4.78, 5) is 22.1. The van der Waals surface area contributed by atoms with Gasteiger partial charge in [0.25, 0.3) is 0 Å². The zero-order valence-corrected chi connectivity index (χ0v) is 10.2. The number of hydrogen-bond acceptors (Lipinski definition) is 3. The molecule has 1 rings (SSSR count). The monoisotopic (exact) mass is 250 g/mol. The molecule has 15 heavy (non-hydrogen) atoms. The van der Waals surface area contributed by atoms with Crippen LogP contribution in [0.4, 0.5) is 0 Å². The minimum atomic E-state index is -0.597. The van der Waals surface area contributed by atoms with Crippen LogP contribution in [0, 0.1) is 17.3 Å². The molecule has 3 nitrogen and oxygen atoms in total. The molecule has 0 aromatic rings. The summed E-state index contributed by atoms with van der Waals surface area (Å²) >= 11 is 11.1. The Bertz CT molecular complexity index is 334. The molecule has 1 aliphatic rings. The summed E-state index contributed by atoms with van der Waals surface area (Å²) in [5.74, 6) is -0.952. The van der Waals surface area contributed by atoms with Crippen LogP contribution in [0.1, 0.15) is 13.8 Å². The smallest absolute Gasteiger partial charge is 0.349 e. The van der Waals surface area contributed by atoms with Gasteiger partial charge in [-0.3, -0.25) is 4.79 Å². The van der Waals surface area contributed by atoms with Gasteiger partial charge in [0, 0.05) is 5.92 Å². The molecule has 1 aliphatic carbocycles. The van der Waals surface area contributed by atoms with Crippen molar-refractivity contribution in [1.29, 1.82) is 0 Å². The third kappa shape index (κ3) is 2.34. The van der Waals surface area contributed by atoms with Gasteiger partial charge in [-0.25, -0.2) is 4.79 Å². The molecule has 5 heteroatoms. The van der Waals surface area contributed by atoms with Gasteiger partial charge in [-0.05, 0) is 22.9 Å². The predicted molar refractivity (Wildman–Crippen MR) is 57.6 cm³/mol. The number of ether oxygens (including phenoxy) is 1. The van der Waals surface area contributed by atoms with E-state index in [1.54, 1.807) is 6.08 Å². The summed E-state index contributed by atoms with van der Waals surface area (Å²) in [5, 5.41) is -0.397. The van der Waals surface area contributed by atoms with Crippen molar-refractivity contribution in [2.75, 3.05) is 7.11 Å². The molecule has 0 saturated heterocycles. The summed E-state index contributed by atoms with van der Waals surface area (Å²) in [6, 6.07) is 0. The highest BCUT2D eigenvalue weighted by molar-refractivity contribution is 6.64. The molecule has 0 aliphatic heterocycles. The minimum Gasteiger partial charge on any atom is -0.465 e. The van der Waals surface area contributed by atoms with E-state index >= 15 is 0 Å². The van der Waals surface area contributed by atoms with Crippen molar-refractivity contribution < 1.29 is 14.3 Å². The van der Waals surface area contributed by atoms with E-state index in [9.17, 15) is 9.59 Å². The average molecular weight is 251 g/mol. The van der Waals surface area contributed by atoms with Crippen molar-refractivity contribution in [2.24, 2.45) is 17.3 Å². The molecular weight excluding hydrogens is 239 g/mol. The van der Waals surface area contributed by atoms with E-state index in [0.29, 0.717) is 0 Å². The molecule has 1 saturated carbocycles. The van der Waals surface area contributed by atoms with E-state index in [4.69, 9.17) is 23.2 Å². The number of hydrogen-bond donors (Lipinski definition) is 0. The van der Waals surface area contributed by atoms with Gasteiger partial charge in [-0.1, -0.05) is 31.5 Å². The van der Waals surface area contributed by atoms with Crippen LogP contribution in [0.15, 0.2) is 11.1 Å². The number of esters is 1. The second kappa shape index (κ2) is 4.14. The molecule has 1 fully saturated rings. The second-order valence-corrected chi connectivity index (χ2v) is 4.91. The largest absolute Gasteiger partial charge is 0.465 e. The number of carbonyl (C=O) groups is 2. The van der Waals surface area contributed by atoms with Crippen LogP contribution in [-0.4, -0.2) is 18.3 Å². The highest BCUT2D eigenvalue weighted by Gasteiger charge is 2.60. The van der Waals surface area contributed by atoms with Crippen molar-refractivity contribution in [1.82, 2.24) is 0 Å². The lowest BCUT2D eigenvalue weighted by atomic mass is 10.1. The Morgan fingerprint density at radius 2 is 1.87 bits per heavy atom. The quantitative estimate of drug-likeness (QED) is 0.439. The van der Waals surface area contributed by atoms with Gasteiger partial charge >= 0.3 is 5.97 Å². The zero-order valence-electron chi connectivity index (χ0n) is 8.71. The molecule has 0 heterocycles. The molecule has 2 unspecified atom stereocenters. The number of rotatable bonds is 3. The Balaban J connectivity index is 2.78. The first kappa shape index (κ1) is 12.5. The Hall–Kier alpha value is -0.540. The highest BCUT2D eigenvalue weighted by Crippen LogP contribution is 2.60. The van der Waals surface area contributed by atoms with Gasteiger partial charge in [0.2, 0.25) is 5.24 Å². The maximum Gasteiger partial charge on any atom is 0.349 e. The molecule has 0 N–H and O–H groups in total. The summed E-state index contributed by atoms with van der Waals surface area (Å²) in [6.07, 6.45) is 1.54. The van der Waals surface area contributed by atoms with Crippen LogP contribution in [0.2, 0.25) is 0 Å². The summed E-state index contributed by atoms with van der Waals surface area (Å²) in [6.45, 7) is 3.81. The molecule has 0 aromatic carbocycles. The minimum absolute atomic E-state index is 0.00371. The fraction of sp³-hybridized carbons (Fsp3) is 0.600. The maximum atomic E-state index is 11.0. The molecule has 0 aromatic heterocycles. The first-order valence-electron chi connectivity index (χ1n) is 4.47. The Morgan fingerprint density at radius 1 is 1.33 bits per heavy atom. The second-order valence-electron chi connectivity index (χ2n) is 4.14. The number of methoxy groups -OCH3 is 1. The van der Waals surface area contributed by atoms with Gasteiger partial charge in [0.1, 0.15) is 5.03 Å². The molecule has 0 radical (unpaired) electrons. The summed E-state index contributed by atoms with van der Waals surface area (Å²) < 4.78 is 4.45. The molecule has 84 valence electrons. The van der Waals surface area contributed by atoms with E-state index < -0.39 is 11.2 Å². The van der Waals surface area contributed by atoms with Crippen LogP contribution < -0.4 is 0 Å². The molecule has 0 bridgehead atoms. The third-order valence-electron chi connectivity index (χ3n) is 2.86. The van der Waals surface area contributed by atoms with Crippen molar-refractivity contribution in [3.8, 4) is 0 Å². The van der Waals surface area contributed by atoms with E-state index in [-0.39, 0.29) is 22.3 Å². The van der Waals surface area contributed by atoms with Crippen molar-refractivity contribution in [2.45, 2.75) is 13.8 Å². The van der Waals surface area contributed by atoms with Gasteiger partial charge in [0.05, 0.1) is 7.11 Å². The van der Waals surface area contributed by atoms with Gasteiger partial charge < -0.3 is 4.74 Å². The Morgan fingerprint density at radius 3 is 2.20 bits per heavy atom. The van der Waals surface area contributed by atoms with Crippen LogP contribution in [0.25, 0.3) is 0 Å².